The largest absolute Gasteiger partial charge is 0.300 e. The molecule has 0 bridgehead atoms. The van der Waals surface area contributed by atoms with Gasteiger partial charge >= 0.3 is 0 Å². The number of fused-ring (bicyclic) bond motifs is 1. The highest BCUT2D eigenvalue weighted by Gasteiger charge is 2.38. The highest BCUT2D eigenvalue weighted by molar-refractivity contribution is 5.79. The molecule has 0 unspecified atom stereocenters. The van der Waals surface area contributed by atoms with Gasteiger partial charge in [0.2, 0.25) is 0 Å². The highest BCUT2D eigenvalue weighted by Crippen LogP contribution is 2.47. The maximum Gasteiger partial charge on any atom is 0.133 e. The molecule has 0 saturated heterocycles. The lowest BCUT2D eigenvalue weighted by molar-refractivity contribution is -0.123. The van der Waals surface area contributed by atoms with Crippen molar-refractivity contribution in [2.24, 2.45) is 23.2 Å². The van der Waals surface area contributed by atoms with Crippen LogP contribution in [0, 0.1) is 23.2 Å². The minimum Gasteiger partial charge on any atom is -0.300 e. The molecule has 2 fully saturated rings. The SMILES string of the molecule is CC(C)(C)[C@@H]1CC[C@@H]2CC(=O)CC[C@@H]2C1. The van der Waals surface area contributed by atoms with E-state index in [-0.39, 0.29) is 0 Å². The van der Waals surface area contributed by atoms with E-state index >= 15 is 0 Å². The Hall–Kier alpha value is -0.330. The van der Waals surface area contributed by atoms with Crippen LogP contribution >= 0.6 is 0 Å². The molecule has 2 rings (SSSR count). The third kappa shape index (κ3) is 2.43. The van der Waals surface area contributed by atoms with E-state index in [1.807, 2.05) is 0 Å². The number of ketones is 1. The number of rotatable bonds is 0. The van der Waals surface area contributed by atoms with Crippen molar-refractivity contribution in [3.05, 3.63) is 0 Å². The molecule has 0 aromatic carbocycles. The van der Waals surface area contributed by atoms with Crippen molar-refractivity contribution in [2.45, 2.75) is 59.3 Å². The zero-order chi connectivity index (χ0) is 11.1. The van der Waals surface area contributed by atoms with Crippen LogP contribution in [-0.4, -0.2) is 5.78 Å². The molecule has 0 spiro atoms. The molecule has 0 radical (unpaired) electrons. The predicted octanol–water partition coefficient (Wildman–Crippen LogP) is 3.82. The zero-order valence-electron chi connectivity index (χ0n) is 10.4. The van der Waals surface area contributed by atoms with Gasteiger partial charge < -0.3 is 0 Å². The van der Waals surface area contributed by atoms with Crippen LogP contribution in [0.4, 0.5) is 0 Å². The second kappa shape index (κ2) is 3.92. The van der Waals surface area contributed by atoms with Crippen LogP contribution in [0.15, 0.2) is 0 Å². The molecule has 2 aliphatic rings. The lowest BCUT2D eigenvalue weighted by Gasteiger charge is -2.43. The minimum atomic E-state index is 0.465. The Bertz CT molecular complexity index is 249. The molecule has 2 saturated carbocycles. The molecule has 86 valence electrons. The van der Waals surface area contributed by atoms with E-state index in [0.717, 1.165) is 30.6 Å². The number of carbonyl (C=O) groups is 1. The van der Waals surface area contributed by atoms with Gasteiger partial charge in [-0.05, 0) is 48.9 Å². The number of hydrogen-bond donors (Lipinski definition) is 0. The maximum absolute atomic E-state index is 11.4. The first kappa shape index (κ1) is 11.2. The van der Waals surface area contributed by atoms with Crippen molar-refractivity contribution in [3.63, 3.8) is 0 Å². The standard InChI is InChI=1S/C14H24O/c1-14(2,3)12-6-4-11-9-13(15)7-5-10(11)8-12/h10-12H,4-9H2,1-3H3/t10-,11-,12-/m1/s1. The van der Waals surface area contributed by atoms with Gasteiger partial charge in [-0.1, -0.05) is 20.8 Å². The summed E-state index contributed by atoms with van der Waals surface area (Å²) in [6.07, 6.45) is 6.95. The van der Waals surface area contributed by atoms with E-state index in [1.54, 1.807) is 0 Å². The van der Waals surface area contributed by atoms with E-state index in [0.29, 0.717) is 11.2 Å². The molecule has 15 heavy (non-hydrogen) atoms. The van der Waals surface area contributed by atoms with Crippen LogP contribution in [0.1, 0.15) is 59.3 Å². The smallest absolute Gasteiger partial charge is 0.133 e. The van der Waals surface area contributed by atoms with E-state index in [1.165, 1.54) is 25.7 Å². The molecule has 1 heteroatoms. The molecular weight excluding hydrogens is 184 g/mol. The normalized spacial score (nSPS) is 37.5. The predicted molar refractivity (Wildman–Crippen MR) is 62.6 cm³/mol. The Morgan fingerprint density at radius 1 is 1.07 bits per heavy atom. The van der Waals surface area contributed by atoms with E-state index in [4.69, 9.17) is 0 Å². The summed E-state index contributed by atoms with van der Waals surface area (Å²) in [6.45, 7) is 7.10. The van der Waals surface area contributed by atoms with Crippen molar-refractivity contribution in [1.29, 1.82) is 0 Å². The average molecular weight is 208 g/mol. The van der Waals surface area contributed by atoms with Crippen LogP contribution in [-0.2, 0) is 4.79 Å². The van der Waals surface area contributed by atoms with Gasteiger partial charge in [0.1, 0.15) is 5.78 Å². The first-order valence-electron chi connectivity index (χ1n) is 6.48. The van der Waals surface area contributed by atoms with E-state index < -0.39 is 0 Å². The lowest BCUT2D eigenvalue weighted by atomic mass is 9.62. The topological polar surface area (TPSA) is 17.1 Å². The fraction of sp³-hybridized carbons (Fsp3) is 0.929. The van der Waals surface area contributed by atoms with Gasteiger partial charge in [-0.2, -0.15) is 0 Å². The summed E-state index contributed by atoms with van der Waals surface area (Å²) in [5, 5.41) is 0. The van der Waals surface area contributed by atoms with Crippen LogP contribution in [0.2, 0.25) is 0 Å². The number of hydrogen-bond acceptors (Lipinski definition) is 1. The van der Waals surface area contributed by atoms with Gasteiger partial charge in [0.25, 0.3) is 0 Å². The van der Waals surface area contributed by atoms with Gasteiger partial charge in [0, 0.05) is 12.8 Å². The summed E-state index contributed by atoms with van der Waals surface area (Å²) < 4.78 is 0. The monoisotopic (exact) mass is 208 g/mol. The van der Waals surface area contributed by atoms with Crippen molar-refractivity contribution >= 4 is 5.78 Å². The van der Waals surface area contributed by atoms with Gasteiger partial charge in [-0.3, -0.25) is 4.79 Å². The molecule has 0 aromatic heterocycles. The maximum atomic E-state index is 11.4. The van der Waals surface area contributed by atoms with Crippen molar-refractivity contribution < 1.29 is 4.79 Å². The Morgan fingerprint density at radius 3 is 2.47 bits per heavy atom. The fourth-order valence-corrected chi connectivity index (χ4v) is 3.48. The quantitative estimate of drug-likeness (QED) is 0.591. The van der Waals surface area contributed by atoms with Crippen LogP contribution in [0.5, 0.6) is 0 Å². The molecule has 3 atom stereocenters. The van der Waals surface area contributed by atoms with Gasteiger partial charge in [0.05, 0.1) is 0 Å². The first-order valence-corrected chi connectivity index (χ1v) is 6.48. The van der Waals surface area contributed by atoms with Gasteiger partial charge in [0.15, 0.2) is 0 Å². The molecule has 0 aliphatic heterocycles. The Kier molecular flexibility index (Phi) is 2.92. The van der Waals surface area contributed by atoms with Crippen molar-refractivity contribution in [2.75, 3.05) is 0 Å². The van der Waals surface area contributed by atoms with Gasteiger partial charge in [-0.15, -0.1) is 0 Å². The molecule has 0 N–H and O–H groups in total. The molecule has 2 aliphatic carbocycles. The molecule has 0 aromatic rings. The van der Waals surface area contributed by atoms with Crippen LogP contribution in [0.3, 0.4) is 0 Å². The summed E-state index contributed by atoms with van der Waals surface area (Å²) in [5.74, 6) is 3.00. The first-order chi connectivity index (χ1) is 6.97. The fourth-order valence-electron chi connectivity index (χ4n) is 3.48. The number of carbonyl (C=O) groups excluding carboxylic acids is 1. The average Bonchev–Trinajstić information content (AvgIpc) is 2.15. The lowest BCUT2D eigenvalue weighted by Crippen LogP contribution is -2.35. The van der Waals surface area contributed by atoms with Gasteiger partial charge in [-0.25, -0.2) is 0 Å². The minimum absolute atomic E-state index is 0.465. The summed E-state index contributed by atoms with van der Waals surface area (Å²) in [5.41, 5.74) is 0.465. The van der Waals surface area contributed by atoms with Crippen LogP contribution in [0.25, 0.3) is 0 Å². The molecular formula is C14H24O. The second-order valence-electron chi connectivity index (χ2n) is 6.68. The third-order valence-corrected chi connectivity index (χ3v) is 4.65. The van der Waals surface area contributed by atoms with E-state index in [9.17, 15) is 4.79 Å². The molecule has 0 heterocycles. The van der Waals surface area contributed by atoms with Crippen molar-refractivity contribution in [3.8, 4) is 0 Å². The molecule has 1 nitrogen and oxygen atoms in total. The number of Topliss-reactive ketones (excluding diaryl/α,β-unsaturated/α-hetero) is 1. The Balaban J connectivity index is 1.98. The Morgan fingerprint density at radius 2 is 1.80 bits per heavy atom. The third-order valence-electron chi connectivity index (χ3n) is 4.65. The highest BCUT2D eigenvalue weighted by atomic mass is 16.1. The Labute approximate surface area is 93.6 Å². The molecule has 0 amide bonds. The summed E-state index contributed by atoms with van der Waals surface area (Å²) in [4.78, 5) is 11.4. The van der Waals surface area contributed by atoms with Crippen molar-refractivity contribution in [1.82, 2.24) is 0 Å². The second-order valence-corrected chi connectivity index (χ2v) is 6.68. The van der Waals surface area contributed by atoms with E-state index in [2.05, 4.69) is 20.8 Å². The summed E-state index contributed by atoms with van der Waals surface area (Å²) in [6, 6.07) is 0. The summed E-state index contributed by atoms with van der Waals surface area (Å²) in [7, 11) is 0. The summed E-state index contributed by atoms with van der Waals surface area (Å²) >= 11 is 0. The van der Waals surface area contributed by atoms with Crippen LogP contribution < -0.4 is 0 Å². The zero-order valence-corrected chi connectivity index (χ0v) is 10.4.